The number of anilines is 2. The van der Waals surface area contributed by atoms with E-state index in [1.54, 1.807) is 36.4 Å². The van der Waals surface area contributed by atoms with Gasteiger partial charge in [-0.05, 0) is 72.8 Å². The zero-order valence-corrected chi connectivity index (χ0v) is 26.7. The Morgan fingerprint density at radius 3 is 1.18 bits per heavy atom. The Labute approximate surface area is 280 Å². The number of hydrogen-bond acceptors (Lipinski definition) is 12. The second-order valence-corrected chi connectivity index (χ2v) is 14.4. The summed E-state index contributed by atoms with van der Waals surface area (Å²) in [5.74, 6) is 0.541. The lowest BCUT2D eigenvalue weighted by Gasteiger charge is -2.02. The molecular formula is C32H20N10O6S2. The molecule has 7 aromatic rings. The number of aromatic amines is 2. The third kappa shape index (κ3) is 4.65. The third-order valence-corrected chi connectivity index (χ3v) is 10.1. The number of nitrogens with two attached hydrogens (primary N) is 2. The standard InChI is InChI=1S/C32H20N10O6S2/c33-13-1-5-17-21(9-13)29-37-25(17)35-27-19-7-3-15(49(43,44)45)11-23(19)32(39-27)42-30-22-10-14(34)2-6-18(22)26(38-30)36-28-20-8-4-16(50(46,47)48)12-24(20)31(40-28)41-29/h1-12H,33-34H2,(H,43,44,45)(H,46,47,48)(H2,35,36,37,38,39,40,41,42). The van der Waals surface area contributed by atoms with E-state index in [1.165, 1.54) is 36.4 Å². The summed E-state index contributed by atoms with van der Waals surface area (Å²) >= 11 is 0. The molecule has 4 aromatic carbocycles. The molecule has 0 amide bonds. The first-order chi connectivity index (χ1) is 23.8. The molecule has 8 N–H and O–H groups in total. The fraction of sp³-hybridized carbons (Fsp3) is 0. The van der Waals surface area contributed by atoms with Crippen LogP contribution in [0.3, 0.4) is 0 Å². The van der Waals surface area contributed by atoms with Gasteiger partial charge in [-0.2, -0.15) is 16.8 Å². The van der Waals surface area contributed by atoms with Crippen molar-refractivity contribution in [3.8, 4) is 45.6 Å². The van der Waals surface area contributed by atoms with Gasteiger partial charge in [-0.1, -0.05) is 0 Å². The van der Waals surface area contributed by atoms with E-state index in [4.69, 9.17) is 41.4 Å². The minimum atomic E-state index is -4.58. The predicted octanol–water partition coefficient (Wildman–Crippen LogP) is 4.53. The van der Waals surface area contributed by atoms with Crippen LogP contribution < -0.4 is 11.5 Å². The molecule has 8 bridgehead atoms. The van der Waals surface area contributed by atoms with Crippen molar-refractivity contribution in [1.29, 1.82) is 0 Å². The maximum absolute atomic E-state index is 12.1. The molecule has 0 saturated heterocycles. The second kappa shape index (κ2) is 10.1. The van der Waals surface area contributed by atoms with E-state index in [9.17, 15) is 25.9 Å². The van der Waals surface area contributed by atoms with Gasteiger partial charge >= 0.3 is 0 Å². The summed E-state index contributed by atoms with van der Waals surface area (Å²) < 4.78 is 68.2. The van der Waals surface area contributed by atoms with Crippen molar-refractivity contribution in [2.24, 2.45) is 0 Å². The molecule has 0 atom stereocenters. The molecule has 246 valence electrons. The quantitative estimate of drug-likeness (QED) is 0.107. The van der Waals surface area contributed by atoms with Gasteiger partial charge in [0.15, 0.2) is 23.3 Å². The molecule has 5 heterocycles. The van der Waals surface area contributed by atoms with Crippen LogP contribution in [0.1, 0.15) is 0 Å². The molecule has 3 aromatic heterocycles. The molecule has 0 aliphatic carbocycles. The van der Waals surface area contributed by atoms with Crippen LogP contribution in [0.5, 0.6) is 0 Å². The van der Waals surface area contributed by atoms with Gasteiger partial charge < -0.3 is 21.4 Å². The van der Waals surface area contributed by atoms with Gasteiger partial charge in [0.05, 0.1) is 9.79 Å². The minimum absolute atomic E-state index is 0.0930. The fourth-order valence-electron chi connectivity index (χ4n) is 6.11. The molecule has 2 aliphatic rings. The number of fused-ring (bicyclic) bond motifs is 20. The summed E-state index contributed by atoms with van der Waals surface area (Å²) in [7, 11) is -9.15. The Bertz CT molecular complexity index is 2880. The van der Waals surface area contributed by atoms with Crippen molar-refractivity contribution in [3.63, 3.8) is 0 Å². The first-order valence-corrected chi connectivity index (χ1v) is 17.5. The molecule has 0 saturated carbocycles. The highest BCUT2D eigenvalue weighted by atomic mass is 32.2. The second-order valence-electron chi connectivity index (χ2n) is 11.6. The number of benzene rings is 4. The van der Waals surface area contributed by atoms with Crippen molar-refractivity contribution in [3.05, 3.63) is 72.8 Å². The number of hydrogen-bond donors (Lipinski definition) is 6. The van der Waals surface area contributed by atoms with Crippen LogP contribution >= 0.6 is 0 Å². The highest BCUT2D eigenvalue weighted by Gasteiger charge is 2.25. The van der Waals surface area contributed by atoms with Gasteiger partial charge in [0.25, 0.3) is 20.2 Å². The molecule has 18 heteroatoms. The van der Waals surface area contributed by atoms with Gasteiger partial charge in [-0.25, -0.2) is 29.9 Å². The Hall–Kier alpha value is -6.34. The molecule has 2 aliphatic heterocycles. The van der Waals surface area contributed by atoms with E-state index in [-0.39, 0.29) is 44.4 Å². The van der Waals surface area contributed by atoms with Gasteiger partial charge in [0, 0.05) is 55.2 Å². The van der Waals surface area contributed by atoms with Gasteiger partial charge in [-0.15, -0.1) is 0 Å². The maximum Gasteiger partial charge on any atom is 0.294 e. The van der Waals surface area contributed by atoms with Crippen LogP contribution in [-0.4, -0.2) is 65.8 Å². The van der Waals surface area contributed by atoms with Crippen LogP contribution in [0.15, 0.2) is 82.6 Å². The zero-order valence-electron chi connectivity index (χ0n) is 25.1. The molecule has 0 fully saturated rings. The number of nitrogens with one attached hydrogen (secondary N) is 2. The predicted molar refractivity (Wildman–Crippen MR) is 185 cm³/mol. The van der Waals surface area contributed by atoms with E-state index < -0.39 is 20.2 Å². The van der Waals surface area contributed by atoms with E-state index >= 15 is 0 Å². The average Bonchev–Trinajstić information content (AvgIpc) is 3.78. The van der Waals surface area contributed by atoms with E-state index in [0.717, 1.165) is 0 Å². The van der Waals surface area contributed by atoms with Crippen LogP contribution in [0.2, 0.25) is 0 Å². The smallest absolute Gasteiger partial charge is 0.294 e. The minimum Gasteiger partial charge on any atom is -0.399 e. The lowest BCUT2D eigenvalue weighted by Crippen LogP contribution is -1.98. The Kier molecular flexibility index (Phi) is 6.01. The number of nitrogens with zero attached hydrogens (tertiary/aromatic N) is 6. The topological polar surface area (TPSA) is 270 Å². The Balaban J connectivity index is 1.48. The van der Waals surface area contributed by atoms with Crippen LogP contribution in [0.25, 0.3) is 89.7 Å². The molecule has 9 rings (SSSR count). The highest BCUT2D eigenvalue weighted by molar-refractivity contribution is 7.86. The highest BCUT2D eigenvalue weighted by Crippen LogP contribution is 2.39. The van der Waals surface area contributed by atoms with Gasteiger partial charge in [-0.3, -0.25) is 9.11 Å². The maximum atomic E-state index is 12.1. The lowest BCUT2D eigenvalue weighted by molar-refractivity contribution is 0.481. The number of aromatic nitrogens is 8. The molecular weight excluding hydrogens is 685 g/mol. The van der Waals surface area contributed by atoms with Crippen molar-refractivity contribution in [1.82, 2.24) is 39.9 Å². The molecule has 50 heavy (non-hydrogen) atoms. The molecule has 0 spiro atoms. The summed E-state index contributed by atoms with van der Waals surface area (Å²) in [6.07, 6.45) is 0. The van der Waals surface area contributed by atoms with E-state index in [2.05, 4.69) is 9.97 Å². The largest absolute Gasteiger partial charge is 0.399 e. The summed E-state index contributed by atoms with van der Waals surface area (Å²) in [6, 6.07) is 18.2. The van der Waals surface area contributed by atoms with Crippen molar-refractivity contribution in [2.75, 3.05) is 11.5 Å². The van der Waals surface area contributed by atoms with Gasteiger partial charge in [0.1, 0.15) is 22.6 Å². The number of rotatable bonds is 2. The number of H-pyrrole nitrogens is 2. The van der Waals surface area contributed by atoms with Crippen molar-refractivity contribution in [2.45, 2.75) is 9.79 Å². The molecule has 16 nitrogen and oxygen atoms in total. The lowest BCUT2D eigenvalue weighted by atomic mass is 10.1. The Morgan fingerprint density at radius 2 is 0.800 bits per heavy atom. The molecule has 0 unspecified atom stereocenters. The fourth-order valence-corrected chi connectivity index (χ4v) is 7.12. The van der Waals surface area contributed by atoms with Crippen molar-refractivity contribution >= 4 is 75.7 Å². The summed E-state index contributed by atoms with van der Waals surface area (Å²) in [5, 5.41) is 2.31. The number of nitrogen functional groups attached to an aromatic ring is 2. The summed E-state index contributed by atoms with van der Waals surface area (Å²) in [5.41, 5.74) is 15.8. The zero-order chi connectivity index (χ0) is 34.7. The Morgan fingerprint density at radius 1 is 0.440 bits per heavy atom. The van der Waals surface area contributed by atoms with Crippen LogP contribution in [-0.2, 0) is 20.2 Å². The van der Waals surface area contributed by atoms with E-state index in [0.29, 0.717) is 66.5 Å². The normalized spacial score (nSPS) is 12.7. The summed E-state index contributed by atoms with van der Waals surface area (Å²) in [4.78, 5) is 34.2. The summed E-state index contributed by atoms with van der Waals surface area (Å²) in [6.45, 7) is 0. The first-order valence-electron chi connectivity index (χ1n) is 14.7. The van der Waals surface area contributed by atoms with Crippen LogP contribution in [0, 0.1) is 0 Å². The molecule has 0 radical (unpaired) electrons. The first kappa shape index (κ1) is 29.8. The monoisotopic (exact) mass is 704 g/mol. The van der Waals surface area contributed by atoms with E-state index in [1.807, 2.05) is 0 Å². The van der Waals surface area contributed by atoms with Crippen LogP contribution in [0.4, 0.5) is 11.4 Å². The van der Waals surface area contributed by atoms with Gasteiger partial charge in [0.2, 0.25) is 0 Å². The third-order valence-electron chi connectivity index (χ3n) is 8.42. The van der Waals surface area contributed by atoms with Crippen molar-refractivity contribution < 1.29 is 25.9 Å². The average molecular weight is 705 g/mol. The SMILES string of the molecule is Nc1ccc2c3nc4nc(nc5[nH]c(nc6nc(nc([nH]3)c2c1)-c1cc(S(=O)(=O)O)ccc1-6)c1ccc(N)cc51)-c1cc(S(=O)(=O)O)ccc1-4.